The van der Waals surface area contributed by atoms with Gasteiger partial charge in [0, 0.05) is 21.8 Å². The highest BCUT2D eigenvalue weighted by Gasteiger charge is 2.16. The van der Waals surface area contributed by atoms with E-state index in [-0.39, 0.29) is 17.4 Å². The maximum Gasteiger partial charge on any atom is 0.272 e. The Morgan fingerprint density at radius 2 is 1.48 bits per heavy atom. The van der Waals surface area contributed by atoms with Crippen LogP contribution in [0.25, 0.3) is 6.08 Å². The Labute approximate surface area is 288 Å². The second-order valence-electron chi connectivity index (χ2n) is 10.4. The van der Waals surface area contributed by atoms with E-state index in [2.05, 4.69) is 16.0 Å². The monoisotopic (exact) mass is 677 g/mol. The van der Waals surface area contributed by atoms with Crippen LogP contribution in [0.3, 0.4) is 0 Å². The summed E-state index contributed by atoms with van der Waals surface area (Å²) >= 11 is 7.47. The number of hydrogen-bond acceptors (Lipinski definition) is 6. The van der Waals surface area contributed by atoms with E-state index < -0.39 is 11.8 Å². The number of benzene rings is 5. The SMILES string of the molecule is COc1ccc(NC(=O)CSc2cccc(NC(=O)/C(=C\c3ccc(OCc4ccccc4)cc3)NC(=O)c3ccccc3)c2)cc1Cl. The van der Waals surface area contributed by atoms with E-state index in [4.69, 9.17) is 21.1 Å². The molecule has 0 aliphatic rings. The first-order valence-corrected chi connectivity index (χ1v) is 16.2. The fourth-order valence-corrected chi connectivity index (χ4v) is 5.48. The molecule has 8 nitrogen and oxygen atoms in total. The zero-order valence-electron chi connectivity index (χ0n) is 25.9. The molecule has 10 heteroatoms. The lowest BCUT2D eigenvalue weighted by Crippen LogP contribution is -2.30. The molecule has 0 aliphatic heterocycles. The van der Waals surface area contributed by atoms with Crippen molar-refractivity contribution in [3.8, 4) is 11.5 Å². The Morgan fingerprint density at radius 3 is 2.19 bits per heavy atom. The number of rotatable bonds is 13. The lowest BCUT2D eigenvalue weighted by atomic mass is 10.1. The van der Waals surface area contributed by atoms with Crippen molar-refractivity contribution in [1.29, 1.82) is 0 Å². The summed E-state index contributed by atoms with van der Waals surface area (Å²) in [4.78, 5) is 40.0. The molecule has 3 amide bonds. The number of carbonyl (C=O) groups is 3. The van der Waals surface area contributed by atoms with Crippen LogP contribution in [-0.2, 0) is 16.2 Å². The third-order valence-electron chi connectivity index (χ3n) is 6.87. The van der Waals surface area contributed by atoms with Gasteiger partial charge in [-0.05, 0) is 77.9 Å². The van der Waals surface area contributed by atoms with Crippen molar-refractivity contribution >= 4 is 58.5 Å². The number of nitrogens with one attached hydrogen (secondary N) is 3. The van der Waals surface area contributed by atoms with Gasteiger partial charge in [-0.3, -0.25) is 14.4 Å². The molecule has 48 heavy (non-hydrogen) atoms. The van der Waals surface area contributed by atoms with Crippen molar-refractivity contribution in [1.82, 2.24) is 5.32 Å². The van der Waals surface area contributed by atoms with E-state index >= 15 is 0 Å². The van der Waals surface area contributed by atoms with Gasteiger partial charge in [-0.1, -0.05) is 78.3 Å². The van der Waals surface area contributed by atoms with E-state index in [1.165, 1.54) is 18.9 Å². The first kappa shape index (κ1) is 33.8. The zero-order chi connectivity index (χ0) is 33.7. The average molecular weight is 678 g/mol. The quantitative estimate of drug-likeness (QED) is 0.0860. The Hall–Kier alpha value is -5.51. The number of carbonyl (C=O) groups excluding carboxylic acids is 3. The van der Waals surface area contributed by atoms with Gasteiger partial charge < -0.3 is 25.4 Å². The highest BCUT2D eigenvalue weighted by atomic mass is 35.5. The standard InChI is InChI=1S/C38H32ClN3O5S/c1-46-35-20-17-30(23-33(35)39)40-36(43)25-48-32-14-8-13-29(22-32)41-38(45)34(42-37(44)28-11-6-3-7-12-28)21-26-15-18-31(19-16-26)47-24-27-9-4-2-5-10-27/h2-23H,24-25H2,1H3,(H,40,43)(H,41,45)(H,42,44)/b34-21+. The first-order valence-electron chi connectivity index (χ1n) is 14.9. The predicted octanol–water partition coefficient (Wildman–Crippen LogP) is 8.07. The maximum absolute atomic E-state index is 13.6. The van der Waals surface area contributed by atoms with Crippen LogP contribution < -0.4 is 25.4 Å². The number of thioether (sulfide) groups is 1. The first-order chi connectivity index (χ1) is 23.4. The summed E-state index contributed by atoms with van der Waals surface area (Å²) in [6.07, 6.45) is 1.60. The fourth-order valence-electron chi connectivity index (χ4n) is 4.46. The minimum atomic E-state index is -0.514. The molecule has 0 fully saturated rings. The molecule has 5 aromatic carbocycles. The van der Waals surface area contributed by atoms with E-state index in [1.54, 1.807) is 66.7 Å². The molecule has 0 saturated heterocycles. The molecule has 0 unspecified atom stereocenters. The van der Waals surface area contributed by atoms with Crippen molar-refractivity contribution in [2.45, 2.75) is 11.5 Å². The van der Waals surface area contributed by atoms with Crippen LogP contribution in [0.5, 0.6) is 11.5 Å². The molecular weight excluding hydrogens is 646 g/mol. The van der Waals surface area contributed by atoms with Gasteiger partial charge in [0.15, 0.2) is 0 Å². The van der Waals surface area contributed by atoms with Crippen molar-refractivity contribution in [2.75, 3.05) is 23.5 Å². The number of methoxy groups -OCH3 is 1. The van der Waals surface area contributed by atoms with Crippen molar-refractivity contribution < 1.29 is 23.9 Å². The Balaban J connectivity index is 1.25. The molecule has 0 atom stereocenters. The van der Waals surface area contributed by atoms with Crippen LogP contribution >= 0.6 is 23.4 Å². The van der Waals surface area contributed by atoms with Gasteiger partial charge in [-0.25, -0.2) is 0 Å². The largest absolute Gasteiger partial charge is 0.495 e. The summed E-state index contributed by atoms with van der Waals surface area (Å²) in [5.41, 5.74) is 3.25. The van der Waals surface area contributed by atoms with Crippen LogP contribution in [0.15, 0.2) is 138 Å². The van der Waals surface area contributed by atoms with E-state index in [1.807, 2.05) is 66.7 Å². The summed E-state index contributed by atoms with van der Waals surface area (Å²) in [7, 11) is 1.52. The molecule has 0 radical (unpaired) electrons. The second kappa shape index (κ2) is 16.9. The smallest absolute Gasteiger partial charge is 0.272 e. The molecular formula is C38H32ClN3O5S. The number of hydrogen-bond donors (Lipinski definition) is 3. The van der Waals surface area contributed by atoms with Crippen molar-refractivity contribution in [3.63, 3.8) is 0 Å². The van der Waals surface area contributed by atoms with Gasteiger partial charge in [0.2, 0.25) is 5.91 Å². The number of ether oxygens (including phenoxy) is 2. The van der Waals surface area contributed by atoms with Gasteiger partial charge in [0.25, 0.3) is 11.8 Å². The Morgan fingerprint density at radius 1 is 0.771 bits per heavy atom. The minimum Gasteiger partial charge on any atom is -0.495 e. The van der Waals surface area contributed by atoms with Crippen LogP contribution in [0, 0.1) is 0 Å². The van der Waals surface area contributed by atoms with Crippen LogP contribution in [0.1, 0.15) is 21.5 Å². The highest BCUT2D eigenvalue weighted by molar-refractivity contribution is 8.00. The van der Waals surface area contributed by atoms with Crippen molar-refractivity contribution in [2.24, 2.45) is 0 Å². The molecule has 0 heterocycles. The van der Waals surface area contributed by atoms with Gasteiger partial charge in [-0.2, -0.15) is 0 Å². The maximum atomic E-state index is 13.6. The summed E-state index contributed by atoms with van der Waals surface area (Å²) in [6, 6.07) is 37.9. The second-order valence-corrected chi connectivity index (χ2v) is 11.8. The molecule has 3 N–H and O–H groups in total. The lowest BCUT2D eigenvalue weighted by Gasteiger charge is -2.13. The zero-order valence-corrected chi connectivity index (χ0v) is 27.5. The minimum absolute atomic E-state index is 0.0531. The van der Waals surface area contributed by atoms with Gasteiger partial charge in [0.05, 0.1) is 17.9 Å². The van der Waals surface area contributed by atoms with Crippen LogP contribution in [0.2, 0.25) is 5.02 Å². The highest BCUT2D eigenvalue weighted by Crippen LogP contribution is 2.28. The van der Waals surface area contributed by atoms with Crippen LogP contribution in [0.4, 0.5) is 11.4 Å². The Bertz CT molecular complexity index is 1900. The molecule has 0 aliphatic carbocycles. The topological polar surface area (TPSA) is 106 Å². The van der Waals surface area contributed by atoms with Gasteiger partial charge in [0.1, 0.15) is 23.8 Å². The average Bonchev–Trinajstić information content (AvgIpc) is 3.11. The van der Waals surface area contributed by atoms with E-state index in [0.29, 0.717) is 45.6 Å². The predicted molar refractivity (Wildman–Crippen MR) is 192 cm³/mol. The van der Waals surface area contributed by atoms with Gasteiger partial charge in [-0.15, -0.1) is 11.8 Å². The normalized spacial score (nSPS) is 10.9. The van der Waals surface area contributed by atoms with Crippen molar-refractivity contribution in [3.05, 3.63) is 155 Å². The van der Waals surface area contributed by atoms with E-state index in [0.717, 1.165) is 10.5 Å². The summed E-state index contributed by atoms with van der Waals surface area (Å²) in [5, 5.41) is 8.83. The number of anilines is 2. The molecule has 0 bridgehead atoms. The molecule has 0 saturated carbocycles. The lowest BCUT2D eigenvalue weighted by molar-refractivity contribution is -0.114. The number of halogens is 1. The molecule has 5 rings (SSSR count). The molecule has 0 aromatic heterocycles. The molecule has 0 spiro atoms. The van der Waals surface area contributed by atoms with Crippen LogP contribution in [-0.4, -0.2) is 30.6 Å². The fraction of sp³-hybridized carbons (Fsp3) is 0.0789. The Kier molecular flexibility index (Phi) is 11.9. The summed E-state index contributed by atoms with van der Waals surface area (Å²) < 4.78 is 11.0. The molecule has 242 valence electrons. The third kappa shape index (κ3) is 9.99. The summed E-state index contributed by atoms with van der Waals surface area (Å²) in [6.45, 7) is 0.427. The molecule has 5 aromatic rings. The number of amides is 3. The van der Waals surface area contributed by atoms with E-state index in [9.17, 15) is 14.4 Å². The third-order valence-corrected chi connectivity index (χ3v) is 8.15. The van der Waals surface area contributed by atoms with Gasteiger partial charge >= 0.3 is 0 Å². The summed E-state index contributed by atoms with van der Waals surface area (Å²) in [5.74, 6) is 0.160.